The Morgan fingerprint density at radius 1 is 0.337 bits per heavy atom. The molecule has 0 saturated carbocycles. The highest BCUT2D eigenvalue weighted by atomic mass is 28.3. The van der Waals surface area contributed by atoms with Crippen LogP contribution < -0.4 is 72.4 Å². The third-order valence-electron chi connectivity index (χ3n) is 18.9. The van der Waals surface area contributed by atoms with E-state index >= 15 is 0 Å². The molecule has 0 aromatic heterocycles. The van der Waals surface area contributed by atoms with Crippen molar-refractivity contribution in [2.45, 2.75) is 59.3 Å². The third kappa shape index (κ3) is 6.99. The van der Waals surface area contributed by atoms with E-state index in [9.17, 15) is 0 Å². The lowest BCUT2D eigenvalue weighted by Crippen LogP contribution is -2.75. The summed E-state index contributed by atoms with van der Waals surface area (Å²) in [5.74, 6) is 2.80. The highest BCUT2D eigenvalue weighted by Gasteiger charge is 2.56. The molecule has 3 nitrogen and oxygen atoms in total. The van der Waals surface area contributed by atoms with Gasteiger partial charge in [-0.2, -0.15) is 0 Å². The molecule has 6 heteroatoms. The van der Waals surface area contributed by atoms with E-state index < -0.39 is 16.1 Å². The van der Waals surface area contributed by atoms with E-state index in [2.05, 4.69) is 307 Å². The molecule has 11 aromatic carbocycles. The highest BCUT2D eigenvalue weighted by Crippen LogP contribution is 2.46. The maximum Gasteiger partial charge on any atom is 0.251 e. The smallest absolute Gasteiger partial charge is 0.251 e. The number of fused-ring (bicyclic) bond motifs is 20. The normalized spacial score (nSPS) is 14.5. The van der Waals surface area contributed by atoms with Gasteiger partial charge in [-0.1, -0.05) is 241 Å². The largest absolute Gasteiger partial charge is 0.458 e. The number of anilines is 6. The first-order valence-electron chi connectivity index (χ1n) is 29.5. The molecule has 5 heterocycles. The number of para-hydroxylation sites is 4. The molecular formula is C77H63BN2OSi2. The third-order valence-corrected chi connectivity index (χ3v) is 28.8. The predicted octanol–water partition coefficient (Wildman–Crippen LogP) is 12.2. The number of terminal acetylenes is 1. The molecule has 0 aliphatic carbocycles. The Balaban J connectivity index is 0.00000291. The van der Waals surface area contributed by atoms with Crippen molar-refractivity contribution in [2.24, 2.45) is 0 Å². The average molecular weight is 1100 g/mol. The van der Waals surface area contributed by atoms with Crippen molar-refractivity contribution < 1.29 is 4.74 Å². The molecule has 0 amide bonds. The van der Waals surface area contributed by atoms with Gasteiger partial charge in [0.15, 0.2) is 16.1 Å². The number of rotatable bonds is 6. The summed E-state index contributed by atoms with van der Waals surface area (Å²) in [5, 5.41) is 11.5. The van der Waals surface area contributed by atoms with Crippen molar-refractivity contribution in [1.29, 1.82) is 0 Å². The lowest BCUT2D eigenvalue weighted by Gasteiger charge is -2.44. The molecule has 0 radical (unpaired) electrons. The summed E-state index contributed by atoms with van der Waals surface area (Å²) in [7, 11) is -5.50. The van der Waals surface area contributed by atoms with Crippen LogP contribution in [0, 0.1) is 12.8 Å². The van der Waals surface area contributed by atoms with E-state index in [0.29, 0.717) is 17.8 Å². The van der Waals surface area contributed by atoms with Gasteiger partial charge in [0.2, 0.25) is 0 Å². The van der Waals surface area contributed by atoms with Crippen LogP contribution in [0.1, 0.15) is 76.0 Å². The molecule has 83 heavy (non-hydrogen) atoms. The fraction of sp³-hybridized carbons (Fsp3) is 0.117. The minimum atomic E-state index is -2.75. The van der Waals surface area contributed by atoms with Crippen LogP contribution >= 0.6 is 0 Å². The first-order chi connectivity index (χ1) is 40.7. The van der Waals surface area contributed by atoms with Crippen LogP contribution in [0.5, 0.6) is 11.5 Å². The molecular weight excluding hydrogens is 1040 g/mol. The van der Waals surface area contributed by atoms with Gasteiger partial charge in [-0.25, -0.2) is 0 Å². The Morgan fingerprint density at radius 2 is 0.627 bits per heavy atom. The highest BCUT2D eigenvalue weighted by molar-refractivity contribution is 7.24. The van der Waals surface area contributed by atoms with E-state index in [1.807, 2.05) is 0 Å². The van der Waals surface area contributed by atoms with Gasteiger partial charge in [-0.05, 0) is 146 Å². The van der Waals surface area contributed by atoms with Gasteiger partial charge >= 0.3 is 0 Å². The number of hydrogen-bond donors (Lipinski definition) is 0. The van der Waals surface area contributed by atoms with Crippen molar-refractivity contribution in [1.82, 2.24) is 0 Å². The minimum Gasteiger partial charge on any atom is -0.458 e. The molecule has 0 unspecified atom stereocenters. The van der Waals surface area contributed by atoms with Crippen LogP contribution in [-0.2, 0) is 0 Å². The van der Waals surface area contributed by atoms with Crippen LogP contribution in [0.15, 0.2) is 243 Å². The molecule has 16 rings (SSSR count). The van der Waals surface area contributed by atoms with Gasteiger partial charge < -0.3 is 14.5 Å². The second-order valence-electron chi connectivity index (χ2n) is 24.0. The lowest BCUT2D eigenvalue weighted by atomic mass is 9.34. The summed E-state index contributed by atoms with van der Waals surface area (Å²) in [6.45, 7) is 14.1. The van der Waals surface area contributed by atoms with E-state index in [0.717, 1.165) is 22.9 Å². The maximum absolute atomic E-state index is 7.64. The fourth-order valence-corrected chi connectivity index (χ4v) is 26.7. The monoisotopic (exact) mass is 1100 g/mol. The van der Waals surface area contributed by atoms with Gasteiger partial charge in [0, 0.05) is 46.3 Å². The van der Waals surface area contributed by atoms with Gasteiger partial charge in [-0.15, -0.1) is 12.8 Å². The Labute approximate surface area is 491 Å². The molecule has 0 saturated heterocycles. The first kappa shape index (κ1) is 50.8. The summed E-state index contributed by atoms with van der Waals surface area (Å²) in [5.41, 5.74) is 20.6. The zero-order valence-electron chi connectivity index (χ0n) is 47.9. The van der Waals surface area contributed by atoms with Crippen molar-refractivity contribution in [2.75, 3.05) is 9.80 Å². The van der Waals surface area contributed by atoms with Gasteiger partial charge in [0.25, 0.3) is 6.71 Å². The number of ether oxygens (including phenoxy) is 1. The van der Waals surface area contributed by atoms with Crippen LogP contribution in [0.2, 0.25) is 0 Å². The first-order valence-corrected chi connectivity index (χ1v) is 33.5. The van der Waals surface area contributed by atoms with Gasteiger partial charge in [0.05, 0.1) is 0 Å². The number of hydrogen-bond acceptors (Lipinski definition) is 3. The van der Waals surface area contributed by atoms with Gasteiger partial charge in [0.1, 0.15) is 11.5 Å². The Kier molecular flexibility index (Phi) is 11.8. The van der Waals surface area contributed by atoms with E-state index in [4.69, 9.17) is 4.74 Å². The zero-order chi connectivity index (χ0) is 56.5. The second kappa shape index (κ2) is 19.2. The van der Waals surface area contributed by atoms with E-state index in [-0.39, 0.29) is 6.71 Å². The molecule has 2 spiro atoms. The molecule has 0 fully saturated rings. The lowest BCUT2D eigenvalue weighted by molar-refractivity contribution is 0.488. The SMILES string of the molecule is C#C.CC(C)c1cc(C(C)C)c(B2c3ccc(N4c5ccccc5[Si]5(c6ccccc6-c6ccccc65)c5ccccc54)cc3Oc3cc(N4c5ccccc5[Si]5(c6ccccc6-c6ccccc65)c5ccccc54)ccc32)c(C(C)C)c1. The predicted molar refractivity (Wildman–Crippen MR) is 358 cm³/mol. The molecule has 398 valence electrons. The maximum atomic E-state index is 7.64. The topological polar surface area (TPSA) is 15.7 Å². The summed E-state index contributed by atoms with van der Waals surface area (Å²) in [6, 6.07) is 93.3. The average Bonchev–Trinajstić information content (AvgIpc) is 1.81. The molecule has 0 atom stereocenters. The standard InChI is InChI=1S/C75H61BN2OSi2.C2H2/c1-47(2)50-43-57(48(3)4)75(58(44-50)49(5)6)76-59-41-39-51(77-61-27-11-19-35-71(61)80(72-36-20-12-28-62(72)77)67-31-15-7-23-53(67)54-24-8-16-32-68(54)80)45-65(59)79-66-46-52(40-42-60(66)76)78-63-29-13-21-37-73(63)81(74-38-22-14-30-64(74)78)69-33-17-9-25-55(69)56-26-10-18-34-70(56)81;1-2/h7-49H,1-6H3;1-2H. The Morgan fingerprint density at radius 3 is 0.928 bits per heavy atom. The number of benzene rings is 11. The number of nitrogens with zero attached hydrogens (tertiary/aromatic N) is 2. The molecule has 0 bridgehead atoms. The Bertz CT molecular complexity index is 4030. The Hall–Kier alpha value is -9.12. The molecule has 0 N–H and O–H groups in total. The van der Waals surface area contributed by atoms with Crippen LogP contribution in [0.3, 0.4) is 0 Å². The van der Waals surface area contributed by atoms with E-state index in [1.165, 1.54) is 120 Å². The van der Waals surface area contributed by atoms with Crippen molar-refractivity contribution >= 4 is 115 Å². The quantitative estimate of drug-likeness (QED) is 0.122. The summed E-state index contributed by atoms with van der Waals surface area (Å²) >= 11 is 0. The fourth-order valence-electron chi connectivity index (χ4n) is 15.6. The molecule has 5 aliphatic heterocycles. The molecule has 11 aromatic rings. The second-order valence-corrected chi connectivity index (χ2v) is 31.3. The minimum absolute atomic E-state index is 0.0749. The van der Waals surface area contributed by atoms with Crippen molar-refractivity contribution in [3.05, 3.63) is 259 Å². The zero-order valence-corrected chi connectivity index (χ0v) is 49.9. The summed E-state index contributed by atoms with van der Waals surface area (Å²) < 4.78 is 7.64. The van der Waals surface area contributed by atoms with Crippen LogP contribution in [0.25, 0.3) is 22.3 Å². The molecule has 5 aliphatic rings. The summed E-state index contributed by atoms with van der Waals surface area (Å²) in [6.07, 6.45) is 8.00. The van der Waals surface area contributed by atoms with Crippen molar-refractivity contribution in [3.8, 4) is 46.6 Å². The van der Waals surface area contributed by atoms with E-state index in [1.54, 1.807) is 0 Å². The van der Waals surface area contributed by atoms with Gasteiger partial charge in [-0.3, -0.25) is 0 Å². The van der Waals surface area contributed by atoms with Crippen molar-refractivity contribution in [3.63, 3.8) is 0 Å². The van der Waals surface area contributed by atoms with Crippen LogP contribution in [-0.4, -0.2) is 22.9 Å². The van der Waals surface area contributed by atoms with Crippen LogP contribution in [0.4, 0.5) is 34.1 Å². The summed E-state index contributed by atoms with van der Waals surface area (Å²) in [4.78, 5) is 5.07.